The number of nitrogens with two attached hydrogens (primary N) is 1. The number of fused-ring (bicyclic) bond motifs is 2. The Hall–Kier alpha value is -3.50. The lowest BCUT2D eigenvalue weighted by Gasteiger charge is -2.28. The molecule has 2 aliphatic rings. The van der Waals surface area contributed by atoms with Gasteiger partial charge in [-0.1, -0.05) is 6.42 Å². The number of quaternary nitrogens is 1. The number of carbonyl (C=O) groups is 1. The summed E-state index contributed by atoms with van der Waals surface area (Å²) in [6, 6.07) is 2.16. The molecule has 15 heteroatoms. The highest BCUT2D eigenvalue weighted by molar-refractivity contribution is 7.29. The fourth-order valence-electron chi connectivity index (χ4n) is 5.67. The average Bonchev–Trinajstić information content (AvgIpc) is 3.75. The molecule has 0 spiro atoms. The molecule has 218 valence electrons. The van der Waals surface area contributed by atoms with Crippen LogP contribution < -0.4 is 27.1 Å². The van der Waals surface area contributed by atoms with Crippen LogP contribution in [0, 0.1) is 0 Å². The highest BCUT2D eigenvalue weighted by Crippen LogP contribution is 2.40. The molecule has 5 aromatic rings. The number of morpholine rings is 1. The number of rotatable bonds is 7. The molecule has 1 saturated carbocycles. The minimum atomic E-state index is -0.608. The fraction of sp³-hybridized carbons (Fsp3) is 0.407. The zero-order valence-electron chi connectivity index (χ0n) is 22.7. The topological polar surface area (TPSA) is 168 Å². The SMILES string of the molecule is NC(=O)c1c(Cc2cnc(-c3csc4c(=O)cc(N5CCOCC5)sc34)s2)nc(N[C@H]2CCCC[C@H]2[NH3+])n2cnnc12. The van der Waals surface area contributed by atoms with Gasteiger partial charge in [-0.3, -0.25) is 14.0 Å². The van der Waals surface area contributed by atoms with Crippen molar-refractivity contribution in [2.75, 3.05) is 36.5 Å². The number of nitrogens with zero attached hydrogens (tertiary/aromatic N) is 6. The van der Waals surface area contributed by atoms with E-state index in [2.05, 4.69) is 26.1 Å². The van der Waals surface area contributed by atoms with Crippen LogP contribution in [0.4, 0.5) is 10.9 Å². The van der Waals surface area contributed by atoms with Gasteiger partial charge in [0.15, 0.2) is 11.1 Å². The Morgan fingerprint density at radius 1 is 1.19 bits per heavy atom. The Kier molecular flexibility index (Phi) is 7.35. The third kappa shape index (κ3) is 5.04. The maximum atomic E-state index is 13.0. The van der Waals surface area contributed by atoms with Gasteiger partial charge < -0.3 is 26.4 Å². The number of thiazole rings is 1. The number of thiophene rings is 1. The van der Waals surface area contributed by atoms with Crippen molar-refractivity contribution >= 4 is 65.9 Å². The molecular formula is C27H30N9O3S3+. The maximum absolute atomic E-state index is 13.0. The standard InChI is InChI=1S/C27H29N9O3S3/c28-16-3-1-2-4-17(16)32-27-33-18(21(24(29)38)25-34-31-13-36(25)27)9-14-11-30-26(41-14)15-12-40-23-19(37)10-20(42-22(15)23)35-5-7-39-8-6-35/h10-13,16-17H,1-9,28H2,(H2,29,38)(H,32,33)/p+1/t16-,17+/m1/s1. The lowest BCUT2D eigenvalue weighted by Crippen LogP contribution is -2.68. The monoisotopic (exact) mass is 624 g/mol. The largest absolute Gasteiger partial charge is 0.378 e. The van der Waals surface area contributed by atoms with E-state index in [9.17, 15) is 9.59 Å². The van der Waals surface area contributed by atoms with Crippen LogP contribution in [0.25, 0.3) is 25.6 Å². The van der Waals surface area contributed by atoms with Crippen LogP contribution in [-0.4, -0.2) is 68.9 Å². The molecule has 12 nitrogen and oxygen atoms in total. The predicted molar refractivity (Wildman–Crippen MR) is 165 cm³/mol. The number of ether oxygens (including phenoxy) is 1. The van der Waals surface area contributed by atoms with Gasteiger partial charge in [0.2, 0.25) is 5.95 Å². The van der Waals surface area contributed by atoms with Crippen molar-refractivity contribution in [3.63, 3.8) is 0 Å². The molecule has 6 heterocycles. The summed E-state index contributed by atoms with van der Waals surface area (Å²) in [7, 11) is 0. The van der Waals surface area contributed by atoms with Crippen LogP contribution in [0.1, 0.15) is 46.6 Å². The van der Waals surface area contributed by atoms with Gasteiger partial charge in [0, 0.05) is 54.0 Å². The highest BCUT2D eigenvalue weighted by atomic mass is 32.1. The molecule has 2 atom stereocenters. The van der Waals surface area contributed by atoms with Crippen molar-refractivity contribution in [1.82, 2.24) is 24.6 Å². The van der Waals surface area contributed by atoms with Crippen LogP contribution in [0.2, 0.25) is 0 Å². The first-order valence-corrected chi connectivity index (χ1v) is 16.4. The van der Waals surface area contributed by atoms with Crippen LogP contribution in [0.5, 0.6) is 0 Å². The van der Waals surface area contributed by atoms with Crippen molar-refractivity contribution < 1.29 is 15.3 Å². The Morgan fingerprint density at radius 3 is 2.83 bits per heavy atom. The van der Waals surface area contributed by atoms with E-state index < -0.39 is 5.91 Å². The average molecular weight is 625 g/mol. The zero-order chi connectivity index (χ0) is 28.8. The normalized spacial score (nSPS) is 19.5. The van der Waals surface area contributed by atoms with E-state index in [1.165, 1.54) is 29.1 Å². The van der Waals surface area contributed by atoms with Crippen molar-refractivity contribution in [1.29, 1.82) is 0 Å². The summed E-state index contributed by atoms with van der Waals surface area (Å²) >= 11 is 4.59. The van der Waals surface area contributed by atoms with Crippen LogP contribution in [0.3, 0.4) is 0 Å². The van der Waals surface area contributed by atoms with E-state index in [0.717, 1.165) is 62.2 Å². The zero-order valence-corrected chi connectivity index (χ0v) is 25.2. The number of anilines is 2. The summed E-state index contributed by atoms with van der Waals surface area (Å²) in [6.07, 6.45) is 8.06. The Bertz CT molecular complexity index is 1840. The summed E-state index contributed by atoms with van der Waals surface area (Å²) in [5, 5.41) is 15.6. The summed E-state index contributed by atoms with van der Waals surface area (Å²) < 4.78 is 8.86. The molecule has 0 aromatic carbocycles. The third-order valence-corrected chi connectivity index (χ3v) is 11.2. The molecule has 2 fully saturated rings. The van der Waals surface area contributed by atoms with Crippen LogP contribution in [0.15, 0.2) is 28.8 Å². The van der Waals surface area contributed by atoms with E-state index >= 15 is 0 Å². The van der Waals surface area contributed by atoms with Gasteiger partial charge in [0.1, 0.15) is 22.9 Å². The number of carbonyl (C=O) groups excluding carboxylic acids is 1. The Labute approximate surface area is 252 Å². The second-order valence-corrected chi connectivity index (χ2v) is 13.6. The Morgan fingerprint density at radius 2 is 2.02 bits per heavy atom. The van der Waals surface area contributed by atoms with Gasteiger partial charge in [-0.25, -0.2) is 9.97 Å². The Balaban J connectivity index is 1.23. The smallest absolute Gasteiger partial charge is 0.254 e. The van der Waals surface area contributed by atoms with E-state index in [-0.39, 0.29) is 23.1 Å². The quantitative estimate of drug-likeness (QED) is 0.246. The second-order valence-electron chi connectivity index (χ2n) is 10.6. The molecule has 7 rings (SSSR count). The number of aromatic nitrogens is 5. The van der Waals surface area contributed by atoms with Crippen LogP contribution >= 0.6 is 34.0 Å². The van der Waals surface area contributed by atoms with Gasteiger partial charge >= 0.3 is 0 Å². The predicted octanol–water partition coefficient (Wildman–Crippen LogP) is 2.38. The van der Waals surface area contributed by atoms with E-state index in [0.29, 0.717) is 36.9 Å². The third-order valence-electron chi connectivity index (χ3n) is 7.88. The number of hydrogen-bond donors (Lipinski definition) is 3. The summed E-state index contributed by atoms with van der Waals surface area (Å²) in [5.74, 6) is -0.0340. The second kappa shape index (κ2) is 11.3. The first kappa shape index (κ1) is 27.3. The number of primary amides is 1. The first-order chi connectivity index (χ1) is 20.5. The summed E-state index contributed by atoms with van der Waals surface area (Å²) in [5.41, 5.74) is 12.3. The number of amides is 1. The van der Waals surface area contributed by atoms with Crippen molar-refractivity contribution in [3.05, 3.63) is 50.3 Å². The molecule has 6 N–H and O–H groups in total. The maximum Gasteiger partial charge on any atom is 0.254 e. The summed E-state index contributed by atoms with van der Waals surface area (Å²) in [4.78, 5) is 38.3. The van der Waals surface area contributed by atoms with Crippen LogP contribution in [-0.2, 0) is 11.2 Å². The lowest BCUT2D eigenvalue weighted by molar-refractivity contribution is -0.427. The minimum Gasteiger partial charge on any atom is -0.378 e. The molecule has 0 unspecified atom stereocenters. The molecule has 42 heavy (non-hydrogen) atoms. The highest BCUT2D eigenvalue weighted by Gasteiger charge is 2.28. The van der Waals surface area contributed by atoms with E-state index in [4.69, 9.17) is 20.4 Å². The van der Waals surface area contributed by atoms with Crippen molar-refractivity contribution in [3.8, 4) is 10.6 Å². The van der Waals surface area contributed by atoms with Gasteiger partial charge in [0.25, 0.3) is 5.91 Å². The van der Waals surface area contributed by atoms with Crippen molar-refractivity contribution in [2.45, 2.75) is 44.2 Å². The summed E-state index contributed by atoms with van der Waals surface area (Å²) in [6.45, 7) is 2.84. The molecule has 0 bridgehead atoms. The molecule has 1 amide bonds. The molecule has 5 aromatic heterocycles. The number of hydrogen-bond acceptors (Lipinski definition) is 12. The van der Waals surface area contributed by atoms with E-state index in [1.807, 2.05) is 5.38 Å². The van der Waals surface area contributed by atoms with Gasteiger partial charge in [0.05, 0.1) is 39.4 Å². The number of nitrogens with one attached hydrogen (secondary N) is 1. The molecule has 0 radical (unpaired) electrons. The molecule has 1 saturated heterocycles. The molecule has 1 aliphatic heterocycles. The first-order valence-electron chi connectivity index (χ1n) is 13.9. The molecular weight excluding hydrogens is 595 g/mol. The van der Waals surface area contributed by atoms with Crippen molar-refractivity contribution in [2.24, 2.45) is 5.73 Å². The van der Waals surface area contributed by atoms with Gasteiger partial charge in [-0.15, -0.1) is 44.2 Å². The fourth-order valence-corrected chi connectivity index (χ4v) is 9.09. The van der Waals surface area contributed by atoms with Gasteiger partial charge in [-0.05, 0) is 12.8 Å². The molecule has 1 aliphatic carbocycles. The van der Waals surface area contributed by atoms with E-state index in [1.54, 1.807) is 34.3 Å². The van der Waals surface area contributed by atoms with Gasteiger partial charge in [-0.2, -0.15) is 0 Å². The lowest BCUT2D eigenvalue weighted by atomic mass is 9.91. The minimum absolute atomic E-state index is 0.0256.